The minimum absolute atomic E-state index is 0.133. The molecule has 1 saturated carbocycles. The van der Waals surface area contributed by atoms with Crippen molar-refractivity contribution in [3.05, 3.63) is 106 Å². The van der Waals surface area contributed by atoms with Crippen LogP contribution in [0.25, 0.3) is 0 Å². The molecule has 2 unspecified atom stereocenters. The summed E-state index contributed by atoms with van der Waals surface area (Å²) in [5.74, 6) is -0.362. The summed E-state index contributed by atoms with van der Waals surface area (Å²) in [4.78, 5) is 17.7. The smallest absolute Gasteiger partial charge is 0.313 e. The third-order valence-corrected chi connectivity index (χ3v) is 5.30. The van der Waals surface area contributed by atoms with Crippen LogP contribution in [0, 0.1) is 25.6 Å². The number of hydrogen-bond donors (Lipinski definition) is 0. The summed E-state index contributed by atoms with van der Waals surface area (Å²) in [6.45, 7) is 4.02. The van der Waals surface area contributed by atoms with Gasteiger partial charge in [-0.2, -0.15) is 0 Å². The molecule has 0 bridgehead atoms. The Kier molecular flexibility index (Phi) is 5.26. The zero-order chi connectivity index (χ0) is 20.4. The molecule has 146 valence electrons. The molecular formula is C25H22FNO2. The third-order valence-electron chi connectivity index (χ3n) is 5.30. The van der Waals surface area contributed by atoms with Gasteiger partial charge in [-0.05, 0) is 61.6 Å². The largest absolute Gasteiger partial charge is 0.365 e. The van der Waals surface area contributed by atoms with Crippen LogP contribution in [-0.2, 0) is 4.84 Å². The topological polar surface area (TPSA) is 38.7 Å². The first kappa shape index (κ1) is 19.1. The molecule has 2 atom stereocenters. The first-order chi connectivity index (χ1) is 14.0. The molecule has 0 heterocycles. The summed E-state index contributed by atoms with van der Waals surface area (Å²) in [6, 6.07) is 21.7. The zero-order valence-electron chi connectivity index (χ0n) is 16.4. The Balaban J connectivity index is 1.58. The number of benzene rings is 3. The Labute approximate surface area is 169 Å². The second-order valence-electron chi connectivity index (χ2n) is 7.59. The van der Waals surface area contributed by atoms with Gasteiger partial charge in [-0.25, -0.2) is 9.18 Å². The molecule has 4 rings (SSSR count). The van der Waals surface area contributed by atoms with Crippen LogP contribution in [0.4, 0.5) is 4.39 Å². The van der Waals surface area contributed by atoms with Crippen molar-refractivity contribution in [2.45, 2.75) is 26.2 Å². The van der Waals surface area contributed by atoms with Crippen LogP contribution in [0.2, 0.25) is 0 Å². The number of nitrogens with zero attached hydrogens (tertiary/aromatic N) is 1. The molecule has 0 spiro atoms. The van der Waals surface area contributed by atoms with Gasteiger partial charge >= 0.3 is 5.97 Å². The first-order valence-electron chi connectivity index (χ1n) is 9.69. The first-order valence-corrected chi connectivity index (χ1v) is 9.69. The van der Waals surface area contributed by atoms with Crippen molar-refractivity contribution < 1.29 is 14.0 Å². The van der Waals surface area contributed by atoms with E-state index in [1.54, 1.807) is 24.3 Å². The van der Waals surface area contributed by atoms with Gasteiger partial charge in [0.2, 0.25) is 0 Å². The van der Waals surface area contributed by atoms with E-state index in [9.17, 15) is 9.18 Å². The van der Waals surface area contributed by atoms with Crippen molar-refractivity contribution >= 4 is 11.7 Å². The Bertz CT molecular complexity index is 1040. The number of halogens is 1. The molecule has 0 aliphatic heterocycles. The molecule has 29 heavy (non-hydrogen) atoms. The van der Waals surface area contributed by atoms with Gasteiger partial charge in [-0.15, -0.1) is 0 Å². The molecule has 0 N–H and O–H groups in total. The molecule has 1 aliphatic rings. The molecule has 1 fully saturated rings. The number of carbonyl (C=O) groups excluding carboxylic acids is 1. The molecule has 4 heteroatoms. The summed E-state index contributed by atoms with van der Waals surface area (Å²) in [6.07, 6.45) is 0.918. The number of hydrogen-bond acceptors (Lipinski definition) is 3. The van der Waals surface area contributed by atoms with Crippen LogP contribution < -0.4 is 0 Å². The van der Waals surface area contributed by atoms with E-state index in [2.05, 4.69) is 36.3 Å². The van der Waals surface area contributed by atoms with E-state index in [-0.39, 0.29) is 11.7 Å². The molecule has 3 aromatic carbocycles. The van der Waals surface area contributed by atoms with Crippen LogP contribution >= 0.6 is 0 Å². The van der Waals surface area contributed by atoms with Crippen molar-refractivity contribution in [1.82, 2.24) is 0 Å². The highest BCUT2D eigenvalue weighted by Gasteiger charge is 2.43. The number of rotatable bonds is 5. The second-order valence-corrected chi connectivity index (χ2v) is 7.59. The van der Waals surface area contributed by atoms with Crippen LogP contribution in [0.1, 0.15) is 45.0 Å². The second kappa shape index (κ2) is 8.00. The predicted molar refractivity (Wildman–Crippen MR) is 112 cm³/mol. The lowest BCUT2D eigenvalue weighted by Gasteiger charge is -2.07. The van der Waals surface area contributed by atoms with Crippen LogP contribution in [0.3, 0.4) is 0 Å². The zero-order valence-corrected chi connectivity index (χ0v) is 16.4. The number of oxime groups is 1. The summed E-state index contributed by atoms with van der Waals surface area (Å²) in [7, 11) is 0. The Morgan fingerprint density at radius 1 is 0.862 bits per heavy atom. The van der Waals surface area contributed by atoms with Gasteiger partial charge in [-0.1, -0.05) is 64.8 Å². The SMILES string of the molecule is Cc1ccc(C(=O)ON=C(c2ccc(F)cc2)C2CC2c2ccc(C)cc2)cc1. The highest BCUT2D eigenvalue weighted by atomic mass is 19.1. The summed E-state index contributed by atoms with van der Waals surface area (Å²) in [5, 5.41) is 4.22. The van der Waals surface area contributed by atoms with Crippen LogP contribution in [0.5, 0.6) is 0 Å². The predicted octanol–water partition coefficient (Wildman–Crippen LogP) is 5.81. The van der Waals surface area contributed by atoms with E-state index in [0.29, 0.717) is 17.2 Å². The molecule has 0 amide bonds. The minimum atomic E-state index is -0.503. The normalized spacial score (nSPS) is 18.4. The lowest BCUT2D eigenvalue weighted by atomic mass is 10.0. The monoisotopic (exact) mass is 387 g/mol. The van der Waals surface area contributed by atoms with Gasteiger partial charge in [0.15, 0.2) is 0 Å². The third kappa shape index (κ3) is 4.43. The van der Waals surface area contributed by atoms with Crippen molar-refractivity contribution in [3.8, 4) is 0 Å². The quantitative estimate of drug-likeness (QED) is 0.315. The molecule has 0 radical (unpaired) electrons. The standard InChI is InChI=1S/C25H22FNO2/c1-16-3-7-18(8-4-16)22-15-23(22)24(19-11-13-21(26)14-12-19)27-29-25(28)20-9-5-17(2)6-10-20/h3-14,22-23H,15H2,1-2H3. The van der Waals surface area contributed by atoms with Gasteiger partial charge in [-0.3, -0.25) is 0 Å². The van der Waals surface area contributed by atoms with E-state index < -0.39 is 5.97 Å². The molecule has 1 aliphatic carbocycles. The fraction of sp³-hybridized carbons (Fsp3) is 0.200. The Morgan fingerprint density at radius 3 is 2.03 bits per heavy atom. The van der Waals surface area contributed by atoms with Gasteiger partial charge in [0.05, 0.1) is 11.3 Å². The average Bonchev–Trinajstić information content (AvgIpc) is 3.51. The van der Waals surface area contributed by atoms with Gasteiger partial charge in [0, 0.05) is 5.92 Å². The van der Waals surface area contributed by atoms with E-state index in [1.807, 2.05) is 19.1 Å². The van der Waals surface area contributed by atoms with Gasteiger partial charge < -0.3 is 4.84 Å². The fourth-order valence-electron chi connectivity index (χ4n) is 3.47. The van der Waals surface area contributed by atoms with Gasteiger partial charge in [0.25, 0.3) is 0 Å². The molecule has 3 nitrogen and oxygen atoms in total. The number of aryl methyl sites for hydroxylation is 2. The van der Waals surface area contributed by atoms with E-state index in [1.165, 1.54) is 23.3 Å². The summed E-state index contributed by atoms with van der Waals surface area (Å²) >= 11 is 0. The highest BCUT2D eigenvalue weighted by Crippen LogP contribution is 2.49. The van der Waals surface area contributed by atoms with E-state index in [4.69, 9.17) is 4.84 Å². The fourth-order valence-corrected chi connectivity index (χ4v) is 3.47. The van der Waals surface area contributed by atoms with E-state index in [0.717, 1.165) is 17.5 Å². The minimum Gasteiger partial charge on any atom is -0.313 e. The molecule has 3 aromatic rings. The maximum absolute atomic E-state index is 13.4. The van der Waals surface area contributed by atoms with Crippen molar-refractivity contribution in [2.75, 3.05) is 0 Å². The lowest BCUT2D eigenvalue weighted by Crippen LogP contribution is -2.09. The Morgan fingerprint density at radius 2 is 1.41 bits per heavy atom. The van der Waals surface area contributed by atoms with Gasteiger partial charge in [0.1, 0.15) is 5.82 Å². The summed E-state index contributed by atoms with van der Waals surface area (Å²) in [5.41, 5.74) is 5.41. The van der Waals surface area contributed by atoms with Crippen molar-refractivity contribution in [2.24, 2.45) is 11.1 Å². The van der Waals surface area contributed by atoms with Crippen molar-refractivity contribution in [3.63, 3.8) is 0 Å². The maximum atomic E-state index is 13.4. The van der Waals surface area contributed by atoms with E-state index >= 15 is 0 Å². The molecule has 0 aromatic heterocycles. The lowest BCUT2D eigenvalue weighted by molar-refractivity contribution is 0.0515. The van der Waals surface area contributed by atoms with Crippen LogP contribution in [0.15, 0.2) is 78.0 Å². The summed E-state index contributed by atoms with van der Waals surface area (Å²) < 4.78 is 13.4. The maximum Gasteiger partial charge on any atom is 0.365 e. The van der Waals surface area contributed by atoms with Crippen LogP contribution in [-0.4, -0.2) is 11.7 Å². The number of carbonyl (C=O) groups is 1. The highest BCUT2D eigenvalue weighted by molar-refractivity contribution is 6.04. The van der Waals surface area contributed by atoms with Crippen molar-refractivity contribution in [1.29, 1.82) is 0 Å². The molecule has 0 saturated heterocycles. The average molecular weight is 387 g/mol. The molecular weight excluding hydrogens is 365 g/mol. The Hall–Kier alpha value is -3.27.